The van der Waals surface area contributed by atoms with Crippen LogP contribution in [0.3, 0.4) is 0 Å². The van der Waals surface area contributed by atoms with E-state index in [0.29, 0.717) is 0 Å². The third-order valence-corrected chi connectivity index (χ3v) is 2.04. The SMILES string of the molecule is NC(S)c1ccc(Br)cc1. The molecule has 0 heterocycles. The molecule has 0 saturated carbocycles. The summed E-state index contributed by atoms with van der Waals surface area (Å²) in [5.41, 5.74) is 6.55. The Morgan fingerprint density at radius 1 is 1.30 bits per heavy atom. The number of nitrogens with two attached hydrogens (primary N) is 1. The standard InChI is InChI=1S/C7H8BrNS/c8-6-3-1-5(2-4-6)7(9)10/h1-4,7,10H,9H2. The van der Waals surface area contributed by atoms with Crippen molar-refractivity contribution in [1.82, 2.24) is 0 Å². The lowest BCUT2D eigenvalue weighted by Gasteiger charge is -2.02. The van der Waals surface area contributed by atoms with Gasteiger partial charge in [-0.3, -0.25) is 0 Å². The predicted molar refractivity (Wildman–Crippen MR) is 50.1 cm³/mol. The van der Waals surface area contributed by atoms with E-state index >= 15 is 0 Å². The smallest absolute Gasteiger partial charge is 0.0734 e. The molecule has 3 heteroatoms. The van der Waals surface area contributed by atoms with Crippen LogP contribution in [0, 0.1) is 0 Å². The van der Waals surface area contributed by atoms with Gasteiger partial charge in [0.1, 0.15) is 0 Å². The van der Waals surface area contributed by atoms with Gasteiger partial charge in [0, 0.05) is 4.47 Å². The fraction of sp³-hybridized carbons (Fsp3) is 0.143. The molecule has 0 amide bonds. The van der Waals surface area contributed by atoms with Crippen molar-refractivity contribution in [2.75, 3.05) is 0 Å². The Morgan fingerprint density at radius 2 is 1.80 bits per heavy atom. The Hall–Kier alpha value is 0.01000. The molecular formula is C7H8BrNS. The van der Waals surface area contributed by atoms with E-state index < -0.39 is 0 Å². The molecule has 1 nitrogen and oxygen atoms in total. The molecule has 0 fully saturated rings. The van der Waals surface area contributed by atoms with E-state index in [-0.39, 0.29) is 5.37 Å². The van der Waals surface area contributed by atoms with Crippen LogP contribution in [0.25, 0.3) is 0 Å². The Morgan fingerprint density at radius 3 is 2.20 bits per heavy atom. The molecule has 1 atom stereocenters. The second-order valence-electron chi connectivity index (χ2n) is 2.00. The van der Waals surface area contributed by atoms with E-state index in [1.54, 1.807) is 0 Å². The van der Waals surface area contributed by atoms with Gasteiger partial charge < -0.3 is 5.73 Å². The third-order valence-electron chi connectivity index (χ3n) is 1.21. The predicted octanol–water partition coefficient (Wildman–Crippen LogP) is 2.34. The zero-order valence-corrected chi connectivity index (χ0v) is 7.77. The molecule has 54 valence electrons. The molecule has 0 radical (unpaired) electrons. The molecule has 0 aromatic heterocycles. The highest BCUT2D eigenvalue weighted by Crippen LogP contribution is 2.16. The van der Waals surface area contributed by atoms with Crippen LogP contribution in [0.1, 0.15) is 10.9 Å². The molecule has 0 spiro atoms. The monoisotopic (exact) mass is 217 g/mol. The van der Waals surface area contributed by atoms with Gasteiger partial charge in [-0.15, -0.1) is 0 Å². The lowest BCUT2D eigenvalue weighted by molar-refractivity contribution is 1.04. The van der Waals surface area contributed by atoms with Gasteiger partial charge >= 0.3 is 0 Å². The minimum atomic E-state index is -0.173. The van der Waals surface area contributed by atoms with Gasteiger partial charge in [-0.1, -0.05) is 28.1 Å². The highest BCUT2D eigenvalue weighted by molar-refractivity contribution is 9.10. The van der Waals surface area contributed by atoms with E-state index in [4.69, 9.17) is 5.73 Å². The minimum absolute atomic E-state index is 0.173. The van der Waals surface area contributed by atoms with Crippen LogP contribution in [-0.4, -0.2) is 0 Å². The van der Waals surface area contributed by atoms with Gasteiger partial charge in [0.25, 0.3) is 0 Å². The van der Waals surface area contributed by atoms with Crippen LogP contribution >= 0.6 is 28.6 Å². The van der Waals surface area contributed by atoms with Crippen LogP contribution in [-0.2, 0) is 0 Å². The van der Waals surface area contributed by atoms with Gasteiger partial charge in [-0.2, -0.15) is 12.6 Å². The lowest BCUT2D eigenvalue weighted by atomic mass is 10.2. The van der Waals surface area contributed by atoms with Crippen molar-refractivity contribution < 1.29 is 0 Å². The quantitative estimate of drug-likeness (QED) is 0.549. The lowest BCUT2D eigenvalue weighted by Crippen LogP contribution is -2.01. The topological polar surface area (TPSA) is 26.0 Å². The summed E-state index contributed by atoms with van der Waals surface area (Å²) in [6.45, 7) is 0. The van der Waals surface area contributed by atoms with Crippen molar-refractivity contribution >= 4 is 28.6 Å². The van der Waals surface area contributed by atoms with Gasteiger partial charge in [-0.25, -0.2) is 0 Å². The molecule has 10 heavy (non-hydrogen) atoms. The molecule has 0 aliphatic carbocycles. The second-order valence-corrected chi connectivity index (χ2v) is 3.47. The molecule has 0 aliphatic rings. The normalized spacial score (nSPS) is 13.1. The van der Waals surface area contributed by atoms with Gasteiger partial charge in [0.15, 0.2) is 0 Å². The van der Waals surface area contributed by atoms with Crippen LogP contribution in [0.15, 0.2) is 28.7 Å². The minimum Gasteiger partial charge on any atom is -0.316 e. The van der Waals surface area contributed by atoms with E-state index in [1.165, 1.54) is 0 Å². The fourth-order valence-corrected chi connectivity index (χ4v) is 1.10. The Kier molecular flexibility index (Phi) is 2.77. The summed E-state index contributed by atoms with van der Waals surface area (Å²) in [5, 5.41) is -0.173. The summed E-state index contributed by atoms with van der Waals surface area (Å²) in [6.07, 6.45) is 0. The number of rotatable bonds is 1. The van der Waals surface area contributed by atoms with Crippen LogP contribution < -0.4 is 5.73 Å². The summed E-state index contributed by atoms with van der Waals surface area (Å²) in [4.78, 5) is 0. The van der Waals surface area contributed by atoms with Crippen molar-refractivity contribution in [2.45, 2.75) is 5.37 Å². The highest BCUT2D eigenvalue weighted by atomic mass is 79.9. The number of thiol groups is 1. The Balaban J connectivity index is 2.89. The zero-order chi connectivity index (χ0) is 7.56. The zero-order valence-electron chi connectivity index (χ0n) is 5.29. The number of hydrogen-bond donors (Lipinski definition) is 2. The van der Waals surface area contributed by atoms with Gasteiger partial charge in [0.05, 0.1) is 5.37 Å². The molecule has 0 saturated heterocycles. The maximum Gasteiger partial charge on any atom is 0.0734 e. The summed E-state index contributed by atoms with van der Waals surface area (Å²) in [5.74, 6) is 0. The fourth-order valence-electron chi connectivity index (χ4n) is 0.660. The number of halogens is 1. The first kappa shape index (κ1) is 8.11. The molecule has 1 aromatic rings. The first-order valence-corrected chi connectivity index (χ1v) is 4.20. The van der Waals surface area contributed by atoms with Crippen molar-refractivity contribution in [3.05, 3.63) is 34.3 Å². The molecule has 0 aliphatic heterocycles. The molecule has 1 rings (SSSR count). The first-order chi connectivity index (χ1) is 4.70. The average molecular weight is 218 g/mol. The Bertz CT molecular complexity index is 207. The van der Waals surface area contributed by atoms with Crippen molar-refractivity contribution in [1.29, 1.82) is 0 Å². The first-order valence-electron chi connectivity index (χ1n) is 2.89. The van der Waals surface area contributed by atoms with Crippen LogP contribution in [0.4, 0.5) is 0 Å². The summed E-state index contributed by atoms with van der Waals surface area (Å²) in [7, 11) is 0. The van der Waals surface area contributed by atoms with Crippen molar-refractivity contribution in [2.24, 2.45) is 5.73 Å². The number of benzene rings is 1. The average Bonchev–Trinajstić information content (AvgIpc) is 1.88. The maximum atomic E-state index is 5.51. The third kappa shape index (κ3) is 2.01. The largest absolute Gasteiger partial charge is 0.316 e. The molecule has 1 aromatic carbocycles. The molecule has 1 unspecified atom stereocenters. The maximum absolute atomic E-state index is 5.51. The molecular weight excluding hydrogens is 210 g/mol. The van der Waals surface area contributed by atoms with E-state index in [2.05, 4.69) is 28.6 Å². The van der Waals surface area contributed by atoms with Gasteiger partial charge in [0.2, 0.25) is 0 Å². The van der Waals surface area contributed by atoms with Crippen LogP contribution in [0.5, 0.6) is 0 Å². The molecule has 0 bridgehead atoms. The highest BCUT2D eigenvalue weighted by Gasteiger charge is 1.96. The van der Waals surface area contributed by atoms with Gasteiger partial charge in [-0.05, 0) is 17.7 Å². The second kappa shape index (κ2) is 3.42. The van der Waals surface area contributed by atoms with E-state index in [9.17, 15) is 0 Å². The number of hydrogen-bond acceptors (Lipinski definition) is 2. The van der Waals surface area contributed by atoms with Crippen molar-refractivity contribution in [3.63, 3.8) is 0 Å². The summed E-state index contributed by atoms with van der Waals surface area (Å²) >= 11 is 7.41. The van der Waals surface area contributed by atoms with Crippen molar-refractivity contribution in [3.8, 4) is 0 Å². The summed E-state index contributed by atoms with van der Waals surface area (Å²) in [6, 6.07) is 7.79. The van der Waals surface area contributed by atoms with E-state index in [1.807, 2.05) is 24.3 Å². The Labute approximate surface area is 74.2 Å². The van der Waals surface area contributed by atoms with Crippen LogP contribution in [0.2, 0.25) is 0 Å². The molecule has 2 N–H and O–H groups in total. The summed E-state index contributed by atoms with van der Waals surface area (Å²) < 4.78 is 1.06. The van der Waals surface area contributed by atoms with E-state index in [0.717, 1.165) is 10.0 Å².